The summed E-state index contributed by atoms with van der Waals surface area (Å²) in [6.07, 6.45) is 7.08. The normalized spacial score (nSPS) is 35.0. The Bertz CT molecular complexity index is 301. The summed E-state index contributed by atoms with van der Waals surface area (Å²) in [5.41, 5.74) is 0.441. The lowest BCUT2D eigenvalue weighted by Crippen LogP contribution is -2.42. The molecule has 2 aliphatic carbocycles. The highest BCUT2D eigenvalue weighted by atomic mass is 16.3. The molecule has 0 unspecified atom stereocenters. The smallest absolute Gasteiger partial charge is 0.157 e. The molecule has 3 heteroatoms. The number of hydrogen-bond acceptors (Lipinski definition) is 3. The molecule has 1 fully saturated rings. The lowest BCUT2D eigenvalue weighted by atomic mass is 9.79. The van der Waals surface area contributed by atoms with E-state index in [0.29, 0.717) is 13.0 Å². The third-order valence-electron chi connectivity index (χ3n) is 3.83. The summed E-state index contributed by atoms with van der Waals surface area (Å²) in [6, 6.07) is 0. The predicted octanol–water partition coefficient (Wildman–Crippen LogP) is 1.76. The predicted molar refractivity (Wildman–Crippen MR) is 62.9 cm³/mol. The Balaban J connectivity index is 1.81. The van der Waals surface area contributed by atoms with Crippen molar-refractivity contribution in [3.63, 3.8) is 0 Å². The van der Waals surface area contributed by atoms with E-state index in [1.54, 1.807) is 6.08 Å². The second kappa shape index (κ2) is 4.58. The van der Waals surface area contributed by atoms with Gasteiger partial charge in [0.2, 0.25) is 0 Å². The molecule has 0 spiro atoms. The maximum Gasteiger partial charge on any atom is 0.157 e. The molecule has 0 atom stereocenters. The third kappa shape index (κ3) is 2.85. The number of nitrogens with one attached hydrogen (secondary N) is 1. The Morgan fingerprint density at radius 1 is 1.44 bits per heavy atom. The van der Waals surface area contributed by atoms with Gasteiger partial charge in [0.15, 0.2) is 5.78 Å². The number of aliphatic hydroxyl groups is 1. The van der Waals surface area contributed by atoms with Gasteiger partial charge in [-0.3, -0.25) is 4.79 Å². The maximum absolute atomic E-state index is 11.0. The molecule has 0 heterocycles. The van der Waals surface area contributed by atoms with Gasteiger partial charge in [0, 0.05) is 24.7 Å². The maximum atomic E-state index is 11.0. The van der Waals surface area contributed by atoms with Gasteiger partial charge < -0.3 is 10.4 Å². The highest BCUT2D eigenvalue weighted by molar-refractivity contribution is 5.92. The van der Waals surface area contributed by atoms with Crippen LogP contribution in [0.25, 0.3) is 0 Å². The summed E-state index contributed by atoms with van der Waals surface area (Å²) < 4.78 is 0. The molecule has 0 bridgehead atoms. The van der Waals surface area contributed by atoms with Gasteiger partial charge in [-0.05, 0) is 38.0 Å². The molecule has 0 aliphatic heterocycles. The van der Waals surface area contributed by atoms with Gasteiger partial charge in [0.25, 0.3) is 0 Å². The molecule has 2 rings (SSSR count). The summed E-state index contributed by atoms with van der Waals surface area (Å²) in [5, 5.41) is 13.6. The van der Waals surface area contributed by atoms with E-state index in [-0.39, 0.29) is 5.78 Å². The summed E-state index contributed by atoms with van der Waals surface area (Å²) in [5.74, 6) is 0.944. The molecule has 3 nitrogen and oxygen atoms in total. The highest BCUT2D eigenvalue weighted by Gasteiger charge is 2.31. The summed E-state index contributed by atoms with van der Waals surface area (Å²) in [6.45, 7) is 2.84. The number of rotatable bonds is 3. The zero-order valence-corrected chi connectivity index (χ0v) is 9.96. The van der Waals surface area contributed by atoms with E-state index >= 15 is 0 Å². The number of allylic oxidation sites excluding steroid dienone is 2. The molecule has 2 N–H and O–H groups in total. The average molecular weight is 223 g/mol. The molecule has 16 heavy (non-hydrogen) atoms. The fourth-order valence-corrected chi connectivity index (χ4v) is 2.49. The van der Waals surface area contributed by atoms with Crippen molar-refractivity contribution >= 4 is 5.78 Å². The summed E-state index contributed by atoms with van der Waals surface area (Å²) in [7, 11) is 0. The van der Waals surface area contributed by atoms with Crippen LogP contribution in [0.15, 0.2) is 11.8 Å². The van der Waals surface area contributed by atoms with E-state index in [2.05, 4.69) is 12.2 Å². The van der Waals surface area contributed by atoms with Crippen LogP contribution in [0, 0.1) is 5.92 Å². The van der Waals surface area contributed by atoms with Crippen molar-refractivity contribution in [2.24, 2.45) is 5.92 Å². The fraction of sp³-hybridized carbons (Fsp3) is 0.769. The minimum atomic E-state index is -0.557. The number of carbonyl (C=O) groups is 1. The Morgan fingerprint density at radius 3 is 2.69 bits per heavy atom. The minimum absolute atomic E-state index is 0.201. The molecule has 0 aromatic carbocycles. The number of hydrogen-bond donors (Lipinski definition) is 2. The van der Waals surface area contributed by atoms with Crippen molar-refractivity contribution in [2.45, 2.75) is 51.0 Å². The van der Waals surface area contributed by atoms with Crippen molar-refractivity contribution in [1.82, 2.24) is 5.32 Å². The van der Waals surface area contributed by atoms with Crippen LogP contribution in [-0.4, -0.2) is 23.0 Å². The minimum Gasteiger partial charge on any atom is -0.388 e. The first-order chi connectivity index (χ1) is 7.57. The molecule has 0 aromatic heterocycles. The molecule has 0 aromatic rings. The SMILES string of the molecule is CC1CCC(O)(CNC2=CC(=O)CC2)CC1. The van der Waals surface area contributed by atoms with Gasteiger partial charge in [0.05, 0.1) is 5.60 Å². The second-order valence-electron chi connectivity index (χ2n) is 5.40. The first kappa shape index (κ1) is 11.6. The van der Waals surface area contributed by atoms with Crippen LogP contribution in [0.1, 0.15) is 45.4 Å². The number of carbonyl (C=O) groups excluding carboxylic acids is 1. The van der Waals surface area contributed by atoms with Crippen LogP contribution in [0.4, 0.5) is 0 Å². The fourth-order valence-electron chi connectivity index (χ4n) is 2.49. The average Bonchev–Trinajstić information content (AvgIpc) is 2.67. The van der Waals surface area contributed by atoms with Gasteiger partial charge >= 0.3 is 0 Å². The van der Waals surface area contributed by atoms with Crippen molar-refractivity contribution in [1.29, 1.82) is 0 Å². The first-order valence-electron chi connectivity index (χ1n) is 6.27. The summed E-state index contributed by atoms with van der Waals surface area (Å²) >= 11 is 0. The van der Waals surface area contributed by atoms with Gasteiger partial charge in [-0.15, -0.1) is 0 Å². The zero-order chi connectivity index (χ0) is 11.6. The topological polar surface area (TPSA) is 49.3 Å². The van der Waals surface area contributed by atoms with Gasteiger partial charge in [-0.25, -0.2) is 0 Å². The first-order valence-corrected chi connectivity index (χ1v) is 6.27. The van der Waals surface area contributed by atoms with E-state index in [1.807, 2.05) is 0 Å². The van der Waals surface area contributed by atoms with E-state index < -0.39 is 5.60 Å². The quantitative estimate of drug-likeness (QED) is 0.766. The lowest BCUT2D eigenvalue weighted by molar-refractivity contribution is -0.114. The molecule has 90 valence electrons. The van der Waals surface area contributed by atoms with E-state index in [4.69, 9.17) is 0 Å². The molecule has 0 radical (unpaired) electrons. The van der Waals surface area contributed by atoms with Crippen LogP contribution in [0.5, 0.6) is 0 Å². The van der Waals surface area contributed by atoms with E-state index in [9.17, 15) is 9.90 Å². The second-order valence-corrected chi connectivity index (χ2v) is 5.40. The Morgan fingerprint density at radius 2 is 2.12 bits per heavy atom. The highest BCUT2D eigenvalue weighted by Crippen LogP contribution is 2.31. The molecular formula is C13H21NO2. The van der Waals surface area contributed by atoms with Crippen molar-refractivity contribution < 1.29 is 9.90 Å². The van der Waals surface area contributed by atoms with Gasteiger partial charge in [-0.2, -0.15) is 0 Å². The third-order valence-corrected chi connectivity index (χ3v) is 3.83. The zero-order valence-electron chi connectivity index (χ0n) is 9.96. The molecule has 0 saturated heterocycles. The van der Waals surface area contributed by atoms with Gasteiger partial charge in [0.1, 0.15) is 0 Å². The monoisotopic (exact) mass is 223 g/mol. The molecule has 1 saturated carbocycles. The largest absolute Gasteiger partial charge is 0.388 e. The molecule has 2 aliphatic rings. The van der Waals surface area contributed by atoms with Crippen LogP contribution >= 0.6 is 0 Å². The van der Waals surface area contributed by atoms with Crippen LogP contribution in [0.2, 0.25) is 0 Å². The van der Waals surface area contributed by atoms with Gasteiger partial charge in [-0.1, -0.05) is 6.92 Å². The van der Waals surface area contributed by atoms with Crippen molar-refractivity contribution in [3.8, 4) is 0 Å². The lowest BCUT2D eigenvalue weighted by Gasteiger charge is -2.35. The van der Waals surface area contributed by atoms with Crippen LogP contribution in [0.3, 0.4) is 0 Å². The van der Waals surface area contributed by atoms with Crippen LogP contribution in [-0.2, 0) is 4.79 Å². The Kier molecular flexibility index (Phi) is 3.33. The Labute approximate surface area is 96.9 Å². The van der Waals surface area contributed by atoms with Crippen LogP contribution < -0.4 is 5.32 Å². The number of ketones is 1. The standard InChI is InChI=1S/C13H21NO2/c1-10-4-6-13(16,7-5-10)9-14-11-2-3-12(15)8-11/h8,10,14,16H,2-7,9H2,1H3. The van der Waals surface area contributed by atoms with Crippen molar-refractivity contribution in [3.05, 3.63) is 11.8 Å². The van der Waals surface area contributed by atoms with Crippen molar-refractivity contribution in [2.75, 3.05) is 6.54 Å². The van der Waals surface area contributed by atoms with E-state index in [1.165, 1.54) is 0 Å². The molecule has 0 amide bonds. The Hall–Kier alpha value is -0.830. The molecular weight excluding hydrogens is 202 g/mol. The van der Waals surface area contributed by atoms with E-state index in [0.717, 1.165) is 43.7 Å². The summed E-state index contributed by atoms with van der Waals surface area (Å²) in [4.78, 5) is 11.0.